The molecule has 2 heterocycles. The second-order valence-corrected chi connectivity index (χ2v) is 7.46. The van der Waals surface area contributed by atoms with Gasteiger partial charge in [-0.2, -0.15) is 0 Å². The number of nitrogens with one attached hydrogen (secondary N) is 1. The van der Waals surface area contributed by atoms with E-state index in [1.165, 1.54) is 0 Å². The summed E-state index contributed by atoms with van der Waals surface area (Å²) in [7, 11) is 0. The standard InChI is InChI=1S/C25H17N3O2/c29-21-15-20-26-23-18-13-7-8-14-19(18)25(30)22(23)24(16-9-3-1-4-10-16)28(20)27(21)17-11-5-2-6-12-17/h1-15,24,26H. The monoisotopic (exact) mass is 391 g/mol. The number of allylic oxidation sites excluding steroid dienone is 1. The topological polar surface area (TPSA) is 56.0 Å². The molecule has 0 bridgehead atoms. The molecule has 3 aromatic carbocycles. The average Bonchev–Trinajstić information content (AvgIpc) is 3.27. The highest BCUT2D eigenvalue weighted by Crippen LogP contribution is 2.45. The number of anilines is 1. The maximum absolute atomic E-state index is 13.5. The van der Waals surface area contributed by atoms with Crippen molar-refractivity contribution in [3.63, 3.8) is 0 Å². The van der Waals surface area contributed by atoms with Gasteiger partial charge in [-0.3, -0.25) is 9.59 Å². The molecule has 1 aliphatic carbocycles. The SMILES string of the molecule is O=C1C2=C(Nc3cc(=O)n(-c4ccccc4)n3C2c2ccccc2)c2ccccc21. The van der Waals surface area contributed by atoms with Gasteiger partial charge in [0, 0.05) is 17.2 Å². The molecule has 1 atom stereocenters. The molecule has 1 unspecified atom stereocenters. The van der Waals surface area contributed by atoms with E-state index in [1.807, 2.05) is 89.6 Å². The Labute approximate surface area is 172 Å². The first-order valence-electron chi connectivity index (χ1n) is 9.84. The zero-order valence-corrected chi connectivity index (χ0v) is 15.9. The Bertz CT molecular complexity index is 1400. The number of rotatable bonds is 2. The van der Waals surface area contributed by atoms with Crippen molar-refractivity contribution in [3.8, 4) is 5.69 Å². The fourth-order valence-electron chi connectivity index (χ4n) is 4.52. The number of fused-ring (bicyclic) bond motifs is 3. The maximum Gasteiger partial charge on any atom is 0.273 e. The van der Waals surface area contributed by atoms with Crippen molar-refractivity contribution in [2.45, 2.75) is 6.04 Å². The summed E-state index contributed by atoms with van der Waals surface area (Å²) in [4.78, 5) is 26.5. The summed E-state index contributed by atoms with van der Waals surface area (Å²) in [6, 6.07) is 28.2. The number of hydrogen-bond acceptors (Lipinski definition) is 3. The van der Waals surface area contributed by atoms with Gasteiger partial charge in [0.25, 0.3) is 5.56 Å². The van der Waals surface area contributed by atoms with Crippen molar-refractivity contribution in [2.75, 3.05) is 5.32 Å². The largest absolute Gasteiger partial charge is 0.339 e. The van der Waals surface area contributed by atoms with Crippen molar-refractivity contribution in [1.29, 1.82) is 0 Å². The second-order valence-electron chi connectivity index (χ2n) is 7.46. The van der Waals surface area contributed by atoms with Gasteiger partial charge >= 0.3 is 0 Å². The van der Waals surface area contributed by atoms with Crippen molar-refractivity contribution >= 4 is 17.3 Å². The van der Waals surface area contributed by atoms with Gasteiger partial charge in [0.15, 0.2) is 5.78 Å². The lowest BCUT2D eigenvalue weighted by molar-refractivity contribution is 0.102. The molecule has 4 aromatic rings. The van der Waals surface area contributed by atoms with E-state index in [9.17, 15) is 9.59 Å². The summed E-state index contributed by atoms with van der Waals surface area (Å²) in [5, 5.41) is 3.38. The minimum Gasteiger partial charge on any atom is -0.339 e. The van der Waals surface area contributed by atoms with Crippen LogP contribution in [0.4, 0.5) is 5.82 Å². The number of carbonyl (C=O) groups excluding carboxylic acids is 1. The van der Waals surface area contributed by atoms with E-state index in [0.29, 0.717) is 17.0 Å². The minimum atomic E-state index is -0.416. The molecule has 30 heavy (non-hydrogen) atoms. The molecule has 5 nitrogen and oxygen atoms in total. The van der Waals surface area contributed by atoms with Crippen molar-refractivity contribution < 1.29 is 4.79 Å². The number of hydrogen-bond donors (Lipinski definition) is 1. The first-order valence-corrected chi connectivity index (χ1v) is 9.84. The third-order valence-corrected chi connectivity index (χ3v) is 5.77. The molecule has 2 aliphatic rings. The molecule has 0 amide bonds. The lowest BCUT2D eigenvalue weighted by Crippen LogP contribution is -2.31. The van der Waals surface area contributed by atoms with Crippen molar-refractivity contribution in [3.05, 3.63) is 124 Å². The van der Waals surface area contributed by atoms with Crippen LogP contribution in [0.1, 0.15) is 27.5 Å². The highest BCUT2D eigenvalue weighted by atomic mass is 16.1. The molecule has 5 heteroatoms. The smallest absolute Gasteiger partial charge is 0.273 e. The predicted molar refractivity (Wildman–Crippen MR) is 116 cm³/mol. The molecular weight excluding hydrogens is 374 g/mol. The second kappa shape index (κ2) is 6.19. The van der Waals surface area contributed by atoms with Gasteiger partial charge in [-0.15, -0.1) is 0 Å². The highest BCUT2D eigenvalue weighted by molar-refractivity contribution is 6.23. The van der Waals surface area contributed by atoms with Gasteiger partial charge in [-0.05, 0) is 17.7 Å². The van der Waals surface area contributed by atoms with Crippen LogP contribution in [-0.2, 0) is 0 Å². The van der Waals surface area contributed by atoms with Crippen LogP contribution in [-0.4, -0.2) is 15.1 Å². The molecule has 144 valence electrons. The number of nitrogens with zero attached hydrogens (tertiary/aromatic N) is 2. The van der Waals surface area contributed by atoms with Crippen LogP contribution in [0.3, 0.4) is 0 Å². The molecule has 0 saturated carbocycles. The quantitative estimate of drug-likeness (QED) is 0.555. The fourth-order valence-corrected chi connectivity index (χ4v) is 4.52. The van der Waals surface area contributed by atoms with Gasteiger partial charge in [0.1, 0.15) is 11.9 Å². The molecule has 0 saturated heterocycles. The normalized spacial score (nSPS) is 16.7. The average molecular weight is 391 g/mol. The number of aromatic nitrogens is 2. The van der Waals surface area contributed by atoms with E-state index in [0.717, 1.165) is 22.5 Å². The third-order valence-electron chi connectivity index (χ3n) is 5.77. The molecule has 0 fully saturated rings. The Kier molecular flexibility index (Phi) is 3.47. The van der Waals surface area contributed by atoms with Crippen LogP contribution >= 0.6 is 0 Å². The van der Waals surface area contributed by atoms with E-state index in [-0.39, 0.29) is 11.3 Å². The Morgan fingerprint density at radius 3 is 2.10 bits per heavy atom. The lowest BCUT2D eigenvalue weighted by Gasteiger charge is -2.31. The minimum absolute atomic E-state index is 0.00614. The molecule has 1 aromatic heterocycles. The van der Waals surface area contributed by atoms with Gasteiger partial charge in [-0.25, -0.2) is 9.36 Å². The first kappa shape index (κ1) is 16.8. The number of benzene rings is 3. The van der Waals surface area contributed by atoms with Crippen LogP contribution in [0.2, 0.25) is 0 Å². The van der Waals surface area contributed by atoms with Crippen LogP contribution in [0, 0.1) is 0 Å². The van der Waals surface area contributed by atoms with Gasteiger partial charge < -0.3 is 5.32 Å². The summed E-state index contributed by atoms with van der Waals surface area (Å²) in [6.45, 7) is 0. The maximum atomic E-state index is 13.5. The van der Waals surface area contributed by atoms with E-state index in [2.05, 4.69) is 5.32 Å². The van der Waals surface area contributed by atoms with E-state index in [1.54, 1.807) is 10.7 Å². The first-order chi connectivity index (χ1) is 14.7. The fraction of sp³-hybridized carbons (Fsp3) is 0.0400. The zero-order valence-electron chi connectivity index (χ0n) is 15.9. The van der Waals surface area contributed by atoms with E-state index in [4.69, 9.17) is 0 Å². The summed E-state index contributed by atoms with van der Waals surface area (Å²) < 4.78 is 3.54. The number of Topliss-reactive ketones (excluding diaryl/α,β-unsaturated/α-hetero) is 1. The lowest BCUT2D eigenvalue weighted by atomic mass is 9.94. The Balaban J connectivity index is 1.67. The number of para-hydroxylation sites is 1. The van der Waals surface area contributed by atoms with Crippen LogP contribution in [0.15, 0.2) is 101 Å². The highest BCUT2D eigenvalue weighted by Gasteiger charge is 2.41. The molecule has 1 aliphatic heterocycles. The molecule has 0 radical (unpaired) electrons. The summed E-state index contributed by atoms with van der Waals surface area (Å²) in [6.07, 6.45) is 0. The zero-order chi connectivity index (χ0) is 20.2. The van der Waals surface area contributed by atoms with Gasteiger partial charge in [-0.1, -0.05) is 72.8 Å². The van der Waals surface area contributed by atoms with Crippen LogP contribution in [0.25, 0.3) is 11.4 Å². The Morgan fingerprint density at radius 1 is 0.733 bits per heavy atom. The molecule has 0 spiro atoms. The molecular formula is C25H17N3O2. The molecule has 6 rings (SSSR count). The predicted octanol–water partition coefficient (Wildman–Crippen LogP) is 4.26. The summed E-state index contributed by atoms with van der Waals surface area (Å²) in [5.41, 5.74) is 4.58. The van der Waals surface area contributed by atoms with E-state index >= 15 is 0 Å². The Hall–Kier alpha value is -4.12. The van der Waals surface area contributed by atoms with Crippen LogP contribution in [0.5, 0.6) is 0 Å². The molecule has 1 N–H and O–H groups in total. The number of ketones is 1. The Morgan fingerprint density at radius 2 is 1.37 bits per heavy atom. The van der Waals surface area contributed by atoms with Gasteiger partial charge in [0.05, 0.1) is 17.0 Å². The van der Waals surface area contributed by atoms with Gasteiger partial charge in [0.2, 0.25) is 0 Å². The van der Waals surface area contributed by atoms with Crippen LogP contribution < -0.4 is 10.9 Å². The van der Waals surface area contributed by atoms with Crippen molar-refractivity contribution in [1.82, 2.24) is 9.36 Å². The van der Waals surface area contributed by atoms with E-state index < -0.39 is 6.04 Å². The third kappa shape index (κ3) is 2.23. The summed E-state index contributed by atoms with van der Waals surface area (Å²) >= 11 is 0. The number of carbonyl (C=O) groups is 1. The van der Waals surface area contributed by atoms with Crippen molar-refractivity contribution in [2.24, 2.45) is 0 Å². The summed E-state index contributed by atoms with van der Waals surface area (Å²) in [5.74, 6) is 0.661.